The lowest BCUT2D eigenvalue weighted by atomic mass is 10.0. The summed E-state index contributed by atoms with van der Waals surface area (Å²) in [6.45, 7) is 4.84. The lowest BCUT2D eigenvalue weighted by Gasteiger charge is -2.31. The predicted molar refractivity (Wildman–Crippen MR) is 84.1 cm³/mol. The summed E-state index contributed by atoms with van der Waals surface area (Å²) in [4.78, 5) is 17.0. The van der Waals surface area contributed by atoms with Gasteiger partial charge >= 0.3 is 0 Å². The second-order valence-corrected chi connectivity index (χ2v) is 6.34. The quantitative estimate of drug-likeness (QED) is 0.923. The summed E-state index contributed by atoms with van der Waals surface area (Å²) < 4.78 is 0. The summed E-state index contributed by atoms with van der Waals surface area (Å²) in [7, 11) is 0. The average Bonchev–Trinajstić information content (AvgIpc) is 3.00. The van der Waals surface area contributed by atoms with Gasteiger partial charge in [0.05, 0.1) is 0 Å². The maximum atomic E-state index is 12.6. The van der Waals surface area contributed by atoms with Gasteiger partial charge in [-0.25, -0.2) is 0 Å². The molecule has 0 bridgehead atoms. The molecule has 1 atom stereocenters. The van der Waals surface area contributed by atoms with Crippen LogP contribution in [-0.2, 0) is 6.54 Å². The van der Waals surface area contributed by atoms with Crippen molar-refractivity contribution in [3.05, 3.63) is 35.4 Å². The fraction of sp³-hybridized carbons (Fsp3) is 0.588. The largest absolute Gasteiger partial charge is 0.337 e. The molecular weight excluding hydrogens is 262 g/mol. The number of benzene rings is 1. The van der Waals surface area contributed by atoms with Crippen molar-refractivity contribution in [2.24, 2.45) is 5.73 Å². The van der Waals surface area contributed by atoms with E-state index in [0.29, 0.717) is 6.54 Å². The van der Waals surface area contributed by atoms with Gasteiger partial charge in [-0.05, 0) is 56.5 Å². The first kappa shape index (κ1) is 14.5. The number of rotatable bonds is 3. The first-order valence-corrected chi connectivity index (χ1v) is 8.08. The smallest absolute Gasteiger partial charge is 0.253 e. The minimum Gasteiger partial charge on any atom is -0.337 e. The molecule has 4 nitrogen and oxygen atoms in total. The Kier molecular flexibility index (Phi) is 4.56. The molecule has 2 saturated heterocycles. The van der Waals surface area contributed by atoms with Crippen LogP contribution in [0.4, 0.5) is 0 Å². The van der Waals surface area contributed by atoms with E-state index in [4.69, 9.17) is 5.73 Å². The number of hydrogen-bond donors (Lipinski definition) is 1. The highest BCUT2D eigenvalue weighted by atomic mass is 16.2. The van der Waals surface area contributed by atoms with E-state index in [1.165, 1.54) is 31.5 Å². The van der Waals surface area contributed by atoms with Crippen molar-refractivity contribution in [3.63, 3.8) is 0 Å². The van der Waals surface area contributed by atoms with E-state index in [2.05, 4.69) is 17.0 Å². The van der Waals surface area contributed by atoms with Gasteiger partial charge in [-0.15, -0.1) is 0 Å². The molecule has 4 heteroatoms. The Labute approximate surface area is 126 Å². The second kappa shape index (κ2) is 6.58. The van der Waals surface area contributed by atoms with Crippen LogP contribution in [0.3, 0.4) is 0 Å². The van der Waals surface area contributed by atoms with Crippen LogP contribution in [0, 0.1) is 0 Å². The molecule has 2 aliphatic rings. The number of nitrogens with zero attached hydrogens (tertiary/aromatic N) is 2. The summed E-state index contributed by atoms with van der Waals surface area (Å²) in [6.07, 6.45) is 4.63. The first-order chi connectivity index (χ1) is 10.2. The lowest BCUT2D eigenvalue weighted by Crippen LogP contribution is -2.45. The van der Waals surface area contributed by atoms with Crippen molar-refractivity contribution in [2.75, 3.05) is 26.2 Å². The molecule has 1 aromatic carbocycles. The zero-order valence-corrected chi connectivity index (χ0v) is 12.6. The minimum absolute atomic E-state index is 0.133. The van der Waals surface area contributed by atoms with Crippen LogP contribution >= 0.6 is 0 Å². The summed E-state index contributed by atoms with van der Waals surface area (Å²) in [5.74, 6) is 0.133. The van der Waals surface area contributed by atoms with E-state index in [0.717, 1.165) is 31.5 Å². The number of likely N-dealkylation sites (tertiary alicyclic amines) is 2. The Balaban J connectivity index is 1.68. The van der Waals surface area contributed by atoms with Crippen LogP contribution in [0.5, 0.6) is 0 Å². The monoisotopic (exact) mass is 287 g/mol. The van der Waals surface area contributed by atoms with Crippen molar-refractivity contribution in [2.45, 2.75) is 38.3 Å². The maximum Gasteiger partial charge on any atom is 0.253 e. The molecule has 2 fully saturated rings. The Hall–Kier alpha value is -1.39. The van der Waals surface area contributed by atoms with Gasteiger partial charge in [-0.2, -0.15) is 0 Å². The van der Waals surface area contributed by atoms with Gasteiger partial charge in [0.15, 0.2) is 0 Å². The molecule has 0 radical (unpaired) electrons. The summed E-state index contributed by atoms with van der Waals surface area (Å²) in [5, 5.41) is 0. The highest BCUT2D eigenvalue weighted by Crippen LogP contribution is 2.16. The van der Waals surface area contributed by atoms with Crippen molar-refractivity contribution in [3.8, 4) is 0 Å². The van der Waals surface area contributed by atoms with Gasteiger partial charge in [-0.1, -0.05) is 12.1 Å². The van der Waals surface area contributed by atoms with Crippen LogP contribution in [0.15, 0.2) is 24.3 Å². The van der Waals surface area contributed by atoms with Gasteiger partial charge in [0.25, 0.3) is 5.91 Å². The van der Waals surface area contributed by atoms with Crippen LogP contribution in [-0.4, -0.2) is 47.9 Å². The number of hydrogen-bond acceptors (Lipinski definition) is 3. The zero-order chi connectivity index (χ0) is 14.7. The highest BCUT2D eigenvalue weighted by Gasteiger charge is 2.22. The van der Waals surface area contributed by atoms with Gasteiger partial charge < -0.3 is 10.6 Å². The van der Waals surface area contributed by atoms with E-state index < -0.39 is 0 Å². The molecule has 0 spiro atoms. The SMILES string of the molecule is NC1CCCN(C(=O)c2cccc(CN3CCCC3)c2)C1. The Morgan fingerprint density at radius 1 is 1.19 bits per heavy atom. The zero-order valence-electron chi connectivity index (χ0n) is 12.6. The second-order valence-electron chi connectivity index (χ2n) is 6.34. The van der Waals surface area contributed by atoms with Crippen LogP contribution in [0.1, 0.15) is 41.6 Å². The standard InChI is InChI=1S/C17H25N3O/c18-16-7-4-10-20(13-16)17(21)15-6-3-5-14(11-15)12-19-8-1-2-9-19/h3,5-6,11,16H,1-2,4,7-10,12-13,18H2. The minimum atomic E-state index is 0.133. The summed E-state index contributed by atoms with van der Waals surface area (Å²) >= 11 is 0. The normalized spacial score (nSPS) is 23.5. The lowest BCUT2D eigenvalue weighted by molar-refractivity contribution is 0.0708. The Morgan fingerprint density at radius 2 is 2.00 bits per heavy atom. The molecule has 1 aromatic rings. The molecule has 21 heavy (non-hydrogen) atoms. The third-order valence-electron chi connectivity index (χ3n) is 4.52. The summed E-state index contributed by atoms with van der Waals surface area (Å²) in [5.41, 5.74) is 8.03. The van der Waals surface area contributed by atoms with Crippen LogP contribution in [0.2, 0.25) is 0 Å². The predicted octanol–water partition coefficient (Wildman–Crippen LogP) is 1.85. The number of piperidine rings is 1. The Bertz CT molecular complexity index is 497. The number of nitrogens with two attached hydrogens (primary N) is 1. The molecule has 0 aliphatic carbocycles. The molecule has 3 rings (SSSR count). The average molecular weight is 287 g/mol. The van der Waals surface area contributed by atoms with Crippen molar-refractivity contribution >= 4 is 5.91 Å². The maximum absolute atomic E-state index is 12.6. The molecule has 1 amide bonds. The van der Waals surface area contributed by atoms with Crippen molar-refractivity contribution in [1.82, 2.24) is 9.80 Å². The third kappa shape index (κ3) is 3.63. The molecular formula is C17H25N3O. The van der Waals surface area contributed by atoms with Crippen LogP contribution in [0.25, 0.3) is 0 Å². The summed E-state index contributed by atoms with van der Waals surface area (Å²) in [6, 6.07) is 8.24. The van der Waals surface area contributed by atoms with Crippen LogP contribution < -0.4 is 5.73 Å². The van der Waals surface area contributed by atoms with Gasteiger partial charge in [0, 0.05) is 31.2 Å². The van der Waals surface area contributed by atoms with E-state index in [1.807, 2.05) is 17.0 Å². The number of carbonyl (C=O) groups excluding carboxylic acids is 1. The Morgan fingerprint density at radius 3 is 2.76 bits per heavy atom. The number of carbonyl (C=O) groups is 1. The molecule has 114 valence electrons. The number of amides is 1. The molecule has 2 N–H and O–H groups in total. The first-order valence-electron chi connectivity index (χ1n) is 8.08. The topological polar surface area (TPSA) is 49.6 Å². The van der Waals surface area contributed by atoms with Gasteiger partial charge in [-0.3, -0.25) is 9.69 Å². The van der Waals surface area contributed by atoms with Gasteiger partial charge in [0.1, 0.15) is 0 Å². The van der Waals surface area contributed by atoms with Crippen molar-refractivity contribution in [1.29, 1.82) is 0 Å². The van der Waals surface area contributed by atoms with E-state index in [9.17, 15) is 4.79 Å². The van der Waals surface area contributed by atoms with E-state index in [1.54, 1.807) is 0 Å². The molecule has 0 aromatic heterocycles. The highest BCUT2D eigenvalue weighted by molar-refractivity contribution is 5.94. The molecule has 2 aliphatic heterocycles. The third-order valence-corrected chi connectivity index (χ3v) is 4.52. The fourth-order valence-corrected chi connectivity index (χ4v) is 3.38. The molecule has 2 heterocycles. The van der Waals surface area contributed by atoms with E-state index in [-0.39, 0.29) is 11.9 Å². The fourth-order valence-electron chi connectivity index (χ4n) is 3.38. The molecule has 1 unspecified atom stereocenters. The molecule has 0 saturated carbocycles. The van der Waals surface area contributed by atoms with E-state index >= 15 is 0 Å². The van der Waals surface area contributed by atoms with Gasteiger partial charge in [0.2, 0.25) is 0 Å². The van der Waals surface area contributed by atoms with Crippen molar-refractivity contribution < 1.29 is 4.79 Å².